The van der Waals surface area contributed by atoms with Gasteiger partial charge in [-0.25, -0.2) is 0 Å². The molecular weight excluding hydrogens is 717 g/mol. The lowest BCUT2D eigenvalue weighted by atomic mass is 10.0. The summed E-state index contributed by atoms with van der Waals surface area (Å²) >= 11 is 0. The van der Waals surface area contributed by atoms with Gasteiger partial charge in [0.25, 0.3) is 0 Å². The zero-order chi connectivity index (χ0) is 42.1. The predicted octanol–water partition coefficient (Wildman–Crippen LogP) is 16.8. The Balaban J connectivity index is 4.30. The number of hydrogen-bond acceptors (Lipinski definition) is 5. The molecule has 0 fully saturated rings. The first-order valence-corrected chi connectivity index (χ1v) is 25.2. The van der Waals surface area contributed by atoms with E-state index in [0.29, 0.717) is 19.4 Å². The SMILES string of the molecule is CC/C=C\C/C=C\C/C=C\C/C=C\CCCOCC(COC(=O)CCCCCCCCCCCCCCCCC)OC(=O)CCCCCCCCCCCCCCC. The summed E-state index contributed by atoms with van der Waals surface area (Å²) in [7, 11) is 0. The molecule has 0 heterocycles. The minimum Gasteiger partial charge on any atom is -0.462 e. The normalized spacial score (nSPS) is 12.5. The fourth-order valence-corrected chi connectivity index (χ4v) is 7.16. The molecule has 5 nitrogen and oxygen atoms in total. The third-order valence-corrected chi connectivity index (χ3v) is 10.9. The van der Waals surface area contributed by atoms with Gasteiger partial charge in [0.2, 0.25) is 0 Å². The Hall–Kier alpha value is -2.14. The highest BCUT2D eigenvalue weighted by Gasteiger charge is 2.17. The fourth-order valence-electron chi connectivity index (χ4n) is 7.16. The predicted molar refractivity (Wildman–Crippen MR) is 251 cm³/mol. The molecule has 0 aliphatic carbocycles. The molecule has 0 amide bonds. The standard InChI is InChI=1S/C53H96O5/c1-4-7-10-13-16-19-22-25-27-29-31-34-37-40-43-46-52(54)57-50-51(49-56-48-45-42-39-36-33-30-26-23-20-17-14-11-8-5-2)58-53(55)47-44-41-38-35-32-28-24-21-18-15-12-9-6-3/h8,11,17,20,26,30,36,39,51H,4-7,9-10,12-16,18-19,21-25,27-29,31-35,37-38,40-50H2,1-3H3/b11-8-,20-17-,30-26-,39-36-. The van der Waals surface area contributed by atoms with Gasteiger partial charge < -0.3 is 14.2 Å². The molecule has 0 aromatic heterocycles. The van der Waals surface area contributed by atoms with Gasteiger partial charge in [0.15, 0.2) is 6.10 Å². The Bertz CT molecular complexity index is 966. The van der Waals surface area contributed by atoms with Crippen molar-refractivity contribution in [1.82, 2.24) is 0 Å². The number of rotatable bonds is 46. The van der Waals surface area contributed by atoms with Crippen molar-refractivity contribution in [3.63, 3.8) is 0 Å². The van der Waals surface area contributed by atoms with E-state index in [9.17, 15) is 9.59 Å². The molecule has 0 saturated heterocycles. The van der Waals surface area contributed by atoms with Crippen LogP contribution >= 0.6 is 0 Å². The molecule has 0 radical (unpaired) electrons. The second kappa shape index (κ2) is 49.2. The molecule has 0 spiro atoms. The van der Waals surface area contributed by atoms with Crippen LogP contribution in [0.15, 0.2) is 48.6 Å². The topological polar surface area (TPSA) is 61.8 Å². The van der Waals surface area contributed by atoms with Crippen LogP contribution in [0.3, 0.4) is 0 Å². The van der Waals surface area contributed by atoms with Crippen LogP contribution in [-0.4, -0.2) is 37.9 Å². The van der Waals surface area contributed by atoms with Crippen LogP contribution in [0.5, 0.6) is 0 Å². The number of carbonyl (C=O) groups excluding carboxylic acids is 2. The number of esters is 2. The average Bonchev–Trinajstić information content (AvgIpc) is 3.22. The maximum Gasteiger partial charge on any atom is 0.306 e. The van der Waals surface area contributed by atoms with Crippen LogP contribution in [0.2, 0.25) is 0 Å². The van der Waals surface area contributed by atoms with Gasteiger partial charge in [-0.15, -0.1) is 0 Å². The first-order valence-electron chi connectivity index (χ1n) is 25.2. The van der Waals surface area contributed by atoms with E-state index in [4.69, 9.17) is 14.2 Å². The summed E-state index contributed by atoms with van der Waals surface area (Å²) in [6.07, 6.45) is 59.8. The highest BCUT2D eigenvalue weighted by molar-refractivity contribution is 5.70. The van der Waals surface area contributed by atoms with Crippen molar-refractivity contribution in [3.05, 3.63) is 48.6 Å². The first kappa shape index (κ1) is 55.9. The maximum absolute atomic E-state index is 12.8. The average molecular weight is 813 g/mol. The molecular formula is C53H96O5. The molecule has 5 heteroatoms. The molecule has 0 aromatic rings. The van der Waals surface area contributed by atoms with Crippen LogP contribution in [0.1, 0.15) is 252 Å². The van der Waals surface area contributed by atoms with E-state index >= 15 is 0 Å². The minimum absolute atomic E-state index is 0.0682. The lowest BCUT2D eigenvalue weighted by Gasteiger charge is -2.18. The Labute approximate surface area is 361 Å². The molecule has 338 valence electrons. The van der Waals surface area contributed by atoms with E-state index in [2.05, 4.69) is 69.4 Å². The Morgan fingerprint density at radius 3 is 1.17 bits per heavy atom. The summed E-state index contributed by atoms with van der Waals surface area (Å²) < 4.78 is 17.3. The van der Waals surface area contributed by atoms with E-state index < -0.39 is 6.10 Å². The van der Waals surface area contributed by atoms with Crippen molar-refractivity contribution in [3.8, 4) is 0 Å². The van der Waals surface area contributed by atoms with Crippen LogP contribution in [0.4, 0.5) is 0 Å². The second-order valence-electron chi connectivity index (χ2n) is 16.7. The van der Waals surface area contributed by atoms with Crippen molar-refractivity contribution in [2.24, 2.45) is 0 Å². The highest BCUT2D eigenvalue weighted by Crippen LogP contribution is 2.16. The van der Waals surface area contributed by atoms with E-state index in [-0.39, 0.29) is 25.2 Å². The van der Waals surface area contributed by atoms with Gasteiger partial charge in [0.1, 0.15) is 6.61 Å². The maximum atomic E-state index is 12.8. The lowest BCUT2D eigenvalue weighted by Crippen LogP contribution is -2.30. The number of allylic oxidation sites excluding steroid dienone is 8. The molecule has 0 aliphatic rings. The Morgan fingerprint density at radius 2 is 0.759 bits per heavy atom. The van der Waals surface area contributed by atoms with Gasteiger partial charge in [-0.1, -0.05) is 236 Å². The molecule has 1 unspecified atom stereocenters. The Kier molecular flexibility index (Phi) is 47.4. The summed E-state index contributed by atoms with van der Waals surface area (Å²) in [6, 6.07) is 0. The highest BCUT2D eigenvalue weighted by atomic mass is 16.6. The first-order chi connectivity index (χ1) is 28.6. The quantitative estimate of drug-likeness (QED) is 0.0348. The van der Waals surface area contributed by atoms with Crippen molar-refractivity contribution >= 4 is 11.9 Å². The van der Waals surface area contributed by atoms with Gasteiger partial charge in [-0.3, -0.25) is 9.59 Å². The monoisotopic (exact) mass is 813 g/mol. The van der Waals surface area contributed by atoms with Crippen LogP contribution in [0, 0.1) is 0 Å². The zero-order valence-corrected chi connectivity index (χ0v) is 38.8. The van der Waals surface area contributed by atoms with Gasteiger partial charge >= 0.3 is 11.9 Å². The number of carbonyl (C=O) groups is 2. The van der Waals surface area contributed by atoms with Crippen LogP contribution in [0.25, 0.3) is 0 Å². The molecule has 58 heavy (non-hydrogen) atoms. The summed E-state index contributed by atoms with van der Waals surface area (Å²) in [4.78, 5) is 25.3. The molecule has 0 aromatic carbocycles. The smallest absolute Gasteiger partial charge is 0.306 e. The van der Waals surface area contributed by atoms with E-state index in [1.54, 1.807) is 0 Å². The van der Waals surface area contributed by atoms with Crippen molar-refractivity contribution in [1.29, 1.82) is 0 Å². The van der Waals surface area contributed by atoms with E-state index in [1.807, 2.05) is 0 Å². The van der Waals surface area contributed by atoms with Gasteiger partial charge in [0, 0.05) is 19.4 Å². The fraction of sp³-hybridized carbons (Fsp3) is 0.811. The number of unbranched alkanes of at least 4 members (excludes halogenated alkanes) is 27. The van der Waals surface area contributed by atoms with E-state index in [1.165, 1.54) is 154 Å². The van der Waals surface area contributed by atoms with Gasteiger partial charge in [-0.05, 0) is 51.4 Å². The summed E-state index contributed by atoms with van der Waals surface area (Å²) in [5, 5.41) is 0. The second-order valence-corrected chi connectivity index (χ2v) is 16.7. The third kappa shape index (κ3) is 46.5. The van der Waals surface area contributed by atoms with Gasteiger partial charge in [-0.2, -0.15) is 0 Å². The molecule has 1 atom stereocenters. The molecule has 0 rings (SSSR count). The lowest BCUT2D eigenvalue weighted by molar-refractivity contribution is -0.163. The molecule has 0 N–H and O–H groups in total. The summed E-state index contributed by atoms with van der Waals surface area (Å²) in [5.41, 5.74) is 0. The summed E-state index contributed by atoms with van der Waals surface area (Å²) in [5.74, 6) is -0.415. The van der Waals surface area contributed by atoms with Crippen LogP contribution in [-0.2, 0) is 23.8 Å². The summed E-state index contributed by atoms with van der Waals surface area (Å²) in [6.45, 7) is 7.61. The zero-order valence-electron chi connectivity index (χ0n) is 38.8. The molecule has 0 saturated carbocycles. The third-order valence-electron chi connectivity index (χ3n) is 10.9. The number of ether oxygens (including phenoxy) is 3. The molecule has 0 aliphatic heterocycles. The molecule has 0 bridgehead atoms. The van der Waals surface area contributed by atoms with Crippen molar-refractivity contribution in [2.75, 3.05) is 19.8 Å². The van der Waals surface area contributed by atoms with Crippen molar-refractivity contribution < 1.29 is 23.8 Å². The van der Waals surface area contributed by atoms with Crippen molar-refractivity contribution in [2.45, 2.75) is 258 Å². The van der Waals surface area contributed by atoms with Crippen LogP contribution < -0.4 is 0 Å². The Morgan fingerprint density at radius 1 is 0.397 bits per heavy atom. The largest absolute Gasteiger partial charge is 0.462 e. The van der Waals surface area contributed by atoms with Gasteiger partial charge in [0.05, 0.1) is 6.61 Å². The minimum atomic E-state index is -0.558. The number of hydrogen-bond donors (Lipinski definition) is 0. The van der Waals surface area contributed by atoms with E-state index in [0.717, 1.165) is 64.2 Å².